The zero-order valence-corrected chi connectivity index (χ0v) is 12.5. The van der Waals surface area contributed by atoms with Crippen LogP contribution in [0.25, 0.3) is 0 Å². The molecule has 2 aliphatic heterocycles. The van der Waals surface area contributed by atoms with Crippen LogP contribution in [0.2, 0.25) is 0 Å². The van der Waals surface area contributed by atoms with E-state index in [0.29, 0.717) is 0 Å². The summed E-state index contributed by atoms with van der Waals surface area (Å²) < 4.78 is 6.15. The molecule has 0 unspecified atom stereocenters. The lowest BCUT2D eigenvalue weighted by atomic mass is 10.2. The van der Waals surface area contributed by atoms with Gasteiger partial charge in [-0.1, -0.05) is 0 Å². The minimum absolute atomic E-state index is 0.0196. The summed E-state index contributed by atoms with van der Waals surface area (Å²) in [5.74, 6) is 0. The molecule has 1 amide bonds. The van der Waals surface area contributed by atoms with Crippen molar-refractivity contribution >= 4 is 32.9 Å². The summed E-state index contributed by atoms with van der Waals surface area (Å²) in [5, 5.41) is 0. The molecule has 100 valence electrons. The number of hydrogen-bond donors (Lipinski definition) is 0. The third kappa shape index (κ3) is 3.10. The van der Waals surface area contributed by atoms with Gasteiger partial charge in [-0.05, 0) is 49.5 Å². The number of rotatable bonds is 1. The predicted octanol–water partition coefficient (Wildman–Crippen LogP) is 2.59. The van der Waals surface area contributed by atoms with E-state index in [2.05, 4.69) is 25.9 Å². The van der Waals surface area contributed by atoms with Gasteiger partial charge in [-0.2, -0.15) is 0 Å². The Hall–Kier alpha value is -0.910. The fraction of sp³-hybridized carbons (Fsp3) is 0.750. The Bertz CT molecular complexity index is 401. The highest BCUT2D eigenvalue weighted by Gasteiger charge is 2.37. The summed E-state index contributed by atoms with van der Waals surface area (Å²) in [4.78, 5) is 22.5. The highest BCUT2D eigenvalue weighted by Crippen LogP contribution is 2.26. The SMILES string of the molecule is CC(C)(C)OC(=O)N1CCC[C@H]1[C@H]1N=CC(Br)=N1. The number of amides is 1. The second-order valence-corrected chi connectivity index (χ2v) is 6.34. The molecule has 18 heavy (non-hydrogen) atoms. The summed E-state index contributed by atoms with van der Waals surface area (Å²) >= 11 is 3.30. The molecule has 6 heteroatoms. The number of carbonyl (C=O) groups excluding carboxylic acids is 1. The van der Waals surface area contributed by atoms with E-state index >= 15 is 0 Å². The van der Waals surface area contributed by atoms with Crippen molar-refractivity contribution in [2.24, 2.45) is 9.98 Å². The number of halogens is 1. The van der Waals surface area contributed by atoms with Crippen LogP contribution in [-0.4, -0.2) is 46.2 Å². The molecule has 2 aliphatic rings. The second-order valence-electron chi connectivity index (χ2n) is 5.53. The highest BCUT2D eigenvalue weighted by atomic mass is 79.9. The molecule has 0 aromatic carbocycles. The number of nitrogens with zero attached hydrogens (tertiary/aromatic N) is 3. The van der Waals surface area contributed by atoms with E-state index in [1.54, 1.807) is 11.1 Å². The lowest BCUT2D eigenvalue weighted by molar-refractivity contribution is 0.0210. The van der Waals surface area contributed by atoms with Crippen LogP contribution in [0.4, 0.5) is 4.79 Å². The molecule has 0 aromatic rings. The Labute approximate surface area is 115 Å². The van der Waals surface area contributed by atoms with Gasteiger partial charge in [0.05, 0.1) is 12.3 Å². The van der Waals surface area contributed by atoms with Crippen molar-refractivity contribution in [2.75, 3.05) is 6.54 Å². The van der Waals surface area contributed by atoms with Crippen molar-refractivity contribution in [3.63, 3.8) is 0 Å². The largest absolute Gasteiger partial charge is 0.444 e. The molecular weight excluding hydrogens is 298 g/mol. The van der Waals surface area contributed by atoms with Gasteiger partial charge in [0, 0.05) is 6.54 Å². The van der Waals surface area contributed by atoms with E-state index in [0.717, 1.165) is 24.0 Å². The molecule has 0 radical (unpaired) electrons. The zero-order chi connectivity index (χ0) is 13.3. The Morgan fingerprint density at radius 1 is 1.56 bits per heavy atom. The van der Waals surface area contributed by atoms with Gasteiger partial charge in [0.1, 0.15) is 10.2 Å². The number of ether oxygens (including phenoxy) is 1. The van der Waals surface area contributed by atoms with Crippen molar-refractivity contribution in [1.29, 1.82) is 0 Å². The van der Waals surface area contributed by atoms with Crippen LogP contribution in [0.5, 0.6) is 0 Å². The molecule has 1 fully saturated rings. The van der Waals surface area contributed by atoms with Gasteiger partial charge in [0.15, 0.2) is 6.17 Å². The summed E-state index contributed by atoms with van der Waals surface area (Å²) in [6.07, 6.45) is 3.14. The molecule has 0 aliphatic carbocycles. The second kappa shape index (κ2) is 4.99. The van der Waals surface area contributed by atoms with Gasteiger partial charge < -0.3 is 9.64 Å². The van der Waals surface area contributed by atoms with Gasteiger partial charge in [-0.25, -0.2) is 9.79 Å². The van der Waals surface area contributed by atoms with E-state index in [4.69, 9.17) is 4.74 Å². The molecule has 0 saturated carbocycles. The van der Waals surface area contributed by atoms with Gasteiger partial charge in [0.25, 0.3) is 0 Å². The predicted molar refractivity (Wildman–Crippen MR) is 74.6 cm³/mol. The first-order chi connectivity index (χ1) is 8.37. The minimum Gasteiger partial charge on any atom is -0.444 e. The summed E-state index contributed by atoms with van der Waals surface area (Å²) in [5.41, 5.74) is -0.465. The van der Waals surface area contributed by atoms with E-state index in [9.17, 15) is 4.79 Å². The monoisotopic (exact) mass is 315 g/mol. The van der Waals surface area contributed by atoms with Crippen molar-refractivity contribution in [1.82, 2.24) is 4.90 Å². The van der Waals surface area contributed by atoms with E-state index in [1.807, 2.05) is 20.8 Å². The fourth-order valence-electron chi connectivity index (χ4n) is 2.17. The number of carbonyl (C=O) groups is 1. The Morgan fingerprint density at radius 2 is 2.28 bits per heavy atom. The first-order valence-electron chi connectivity index (χ1n) is 6.13. The lowest BCUT2D eigenvalue weighted by Gasteiger charge is -2.29. The van der Waals surface area contributed by atoms with Crippen LogP contribution in [0.1, 0.15) is 33.6 Å². The van der Waals surface area contributed by atoms with Crippen LogP contribution in [0.3, 0.4) is 0 Å². The molecule has 2 rings (SSSR count). The van der Waals surface area contributed by atoms with Crippen molar-refractivity contribution < 1.29 is 9.53 Å². The fourth-order valence-corrected chi connectivity index (χ4v) is 2.49. The van der Waals surface area contributed by atoms with E-state index in [1.165, 1.54) is 0 Å². The highest BCUT2D eigenvalue weighted by molar-refractivity contribution is 9.19. The van der Waals surface area contributed by atoms with Crippen LogP contribution in [0, 0.1) is 0 Å². The van der Waals surface area contributed by atoms with Crippen molar-refractivity contribution in [3.05, 3.63) is 0 Å². The first-order valence-corrected chi connectivity index (χ1v) is 6.92. The molecule has 2 heterocycles. The van der Waals surface area contributed by atoms with Gasteiger partial charge >= 0.3 is 6.09 Å². The maximum absolute atomic E-state index is 12.1. The molecular formula is C12H18BrN3O2. The molecule has 0 N–H and O–H groups in total. The number of likely N-dealkylation sites (tertiary alicyclic amines) is 1. The van der Waals surface area contributed by atoms with Crippen molar-refractivity contribution in [3.8, 4) is 0 Å². The standard InChI is InChI=1S/C12H18BrN3O2/c1-12(2,3)18-11(17)16-6-4-5-8(16)10-14-7-9(13)15-10/h7-8,10H,4-6H2,1-3H3/t8-,10-/m0/s1. The molecule has 0 spiro atoms. The van der Waals surface area contributed by atoms with E-state index in [-0.39, 0.29) is 18.3 Å². The zero-order valence-electron chi connectivity index (χ0n) is 10.9. The molecule has 2 atom stereocenters. The maximum Gasteiger partial charge on any atom is 0.410 e. The van der Waals surface area contributed by atoms with Crippen LogP contribution < -0.4 is 0 Å². The van der Waals surface area contributed by atoms with Gasteiger partial charge in [-0.3, -0.25) is 4.99 Å². The smallest absolute Gasteiger partial charge is 0.410 e. The van der Waals surface area contributed by atoms with Gasteiger partial charge in [-0.15, -0.1) is 0 Å². The van der Waals surface area contributed by atoms with Crippen LogP contribution >= 0.6 is 15.9 Å². The van der Waals surface area contributed by atoms with Crippen molar-refractivity contribution in [2.45, 2.75) is 51.4 Å². The molecule has 0 bridgehead atoms. The average molecular weight is 316 g/mol. The third-order valence-electron chi connectivity index (χ3n) is 2.86. The Morgan fingerprint density at radius 3 is 2.83 bits per heavy atom. The number of aliphatic imine (C=N–C) groups is 2. The number of hydrogen-bond acceptors (Lipinski definition) is 4. The average Bonchev–Trinajstić information content (AvgIpc) is 2.81. The molecule has 1 saturated heterocycles. The molecule has 0 aromatic heterocycles. The maximum atomic E-state index is 12.1. The Kier molecular flexibility index (Phi) is 3.75. The third-order valence-corrected chi connectivity index (χ3v) is 3.27. The summed E-state index contributed by atoms with van der Waals surface area (Å²) in [7, 11) is 0. The van der Waals surface area contributed by atoms with Gasteiger partial charge in [0.2, 0.25) is 0 Å². The Balaban J connectivity index is 2.04. The summed E-state index contributed by atoms with van der Waals surface area (Å²) in [6, 6.07) is 0.0196. The minimum atomic E-state index is -0.465. The molecule has 5 nitrogen and oxygen atoms in total. The normalized spacial score (nSPS) is 27.6. The lowest BCUT2D eigenvalue weighted by Crippen LogP contribution is -2.43. The van der Waals surface area contributed by atoms with E-state index < -0.39 is 5.60 Å². The quantitative estimate of drug-likeness (QED) is 0.746. The summed E-state index contributed by atoms with van der Waals surface area (Å²) in [6.45, 7) is 6.34. The van der Waals surface area contributed by atoms with Crippen LogP contribution in [-0.2, 0) is 4.74 Å². The van der Waals surface area contributed by atoms with Crippen LogP contribution in [0.15, 0.2) is 9.98 Å². The topological polar surface area (TPSA) is 54.3 Å². The first kappa shape index (κ1) is 13.5.